The highest BCUT2D eigenvalue weighted by Gasteiger charge is 2.24. The van der Waals surface area contributed by atoms with E-state index in [2.05, 4.69) is 4.98 Å². The number of aromatic carboxylic acids is 1. The van der Waals surface area contributed by atoms with E-state index in [1.807, 2.05) is 0 Å². The summed E-state index contributed by atoms with van der Waals surface area (Å²) in [5.41, 5.74) is 0.812. The van der Waals surface area contributed by atoms with E-state index in [1.165, 1.54) is 30.1 Å². The van der Waals surface area contributed by atoms with Gasteiger partial charge in [0.1, 0.15) is 11.5 Å². The van der Waals surface area contributed by atoms with Crippen molar-refractivity contribution in [2.75, 3.05) is 11.9 Å². The number of carbonyl (C=O) groups excluding carboxylic acids is 1. The third-order valence-electron chi connectivity index (χ3n) is 3.61. The Kier molecular flexibility index (Phi) is 3.57. The van der Waals surface area contributed by atoms with Crippen LogP contribution in [0.1, 0.15) is 20.8 Å². The molecule has 0 saturated heterocycles. The number of aromatic nitrogens is 1. The molecule has 0 unspecified atom stereocenters. The van der Waals surface area contributed by atoms with Gasteiger partial charge in [-0.1, -0.05) is 18.2 Å². The number of carboxylic acids is 1. The van der Waals surface area contributed by atoms with Crippen molar-refractivity contribution >= 4 is 28.5 Å². The monoisotopic (exact) mass is 312 g/mol. The van der Waals surface area contributed by atoms with Crippen LogP contribution in [0.2, 0.25) is 0 Å². The standard InChI is InChI=1S/C17H13FN2O3/c1-20(16(21)10-5-3-2-4-6-10)15-12-8-7-11(18)9-13(12)19-14(15)17(22)23/h2-9,19H,1H3,(H,22,23). The molecule has 0 aliphatic rings. The number of fused-ring (bicyclic) bond motifs is 1. The first-order valence-corrected chi connectivity index (χ1v) is 6.86. The molecule has 1 aromatic heterocycles. The zero-order valence-corrected chi connectivity index (χ0v) is 12.2. The number of hydrogen-bond acceptors (Lipinski definition) is 2. The second-order valence-electron chi connectivity index (χ2n) is 5.07. The van der Waals surface area contributed by atoms with E-state index in [0.717, 1.165) is 0 Å². The summed E-state index contributed by atoms with van der Waals surface area (Å²) in [6.07, 6.45) is 0. The van der Waals surface area contributed by atoms with Gasteiger partial charge in [-0.25, -0.2) is 9.18 Å². The SMILES string of the molecule is CN(C(=O)c1ccccc1)c1c(C(=O)O)[nH]c2cc(F)ccc12. The van der Waals surface area contributed by atoms with Crippen LogP contribution >= 0.6 is 0 Å². The topological polar surface area (TPSA) is 73.4 Å². The van der Waals surface area contributed by atoms with Crippen molar-refractivity contribution in [3.63, 3.8) is 0 Å². The van der Waals surface area contributed by atoms with Crippen LogP contribution in [0.4, 0.5) is 10.1 Å². The summed E-state index contributed by atoms with van der Waals surface area (Å²) in [7, 11) is 1.49. The van der Waals surface area contributed by atoms with Crippen molar-refractivity contribution in [1.29, 1.82) is 0 Å². The lowest BCUT2D eigenvalue weighted by molar-refractivity contribution is 0.0692. The molecule has 0 fully saturated rings. The lowest BCUT2D eigenvalue weighted by Gasteiger charge is -2.17. The van der Waals surface area contributed by atoms with E-state index in [1.54, 1.807) is 30.3 Å². The molecule has 5 nitrogen and oxygen atoms in total. The second-order valence-corrected chi connectivity index (χ2v) is 5.07. The zero-order chi connectivity index (χ0) is 16.6. The minimum atomic E-state index is -1.22. The van der Waals surface area contributed by atoms with Crippen molar-refractivity contribution in [2.45, 2.75) is 0 Å². The minimum Gasteiger partial charge on any atom is -0.477 e. The van der Waals surface area contributed by atoms with Gasteiger partial charge in [-0.2, -0.15) is 0 Å². The normalized spacial score (nSPS) is 10.7. The Morgan fingerprint density at radius 1 is 1.13 bits per heavy atom. The van der Waals surface area contributed by atoms with Crippen molar-refractivity contribution in [1.82, 2.24) is 4.98 Å². The van der Waals surface area contributed by atoms with Gasteiger partial charge < -0.3 is 15.0 Å². The molecule has 0 atom stereocenters. The predicted molar refractivity (Wildman–Crippen MR) is 84.4 cm³/mol. The number of carboxylic acid groups (broad SMARTS) is 1. The molecule has 0 bridgehead atoms. The van der Waals surface area contributed by atoms with Gasteiger partial charge >= 0.3 is 5.97 Å². The van der Waals surface area contributed by atoms with Gasteiger partial charge in [0.15, 0.2) is 0 Å². The maximum Gasteiger partial charge on any atom is 0.354 e. The van der Waals surface area contributed by atoms with Crippen molar-refractivity contribution in [2.24, 2.45) is 0 Å². The van der Waals surface area contributed by atoms with Crippen LogP contribution in [0, 0.1) is 5.82 Å². The van der Waals surface area contributed by atoms with E-state index in [4.69, 9.17) is 0 Å². The lowest BCUT2D eigenvalue weighted by atomic mass is 10.1. The first-order valence-electron chi connectivity index (χ1n) is 6.86. The Bertz CT molecular complexity index is 903. The smallest absolute Gasteiger partial charge is 0.354 e. The molecule has 116 valence electrons. The molecule has 0 spiro atoms. The van der Waals surface area contributed by atoms with E-state index in [9.17, 15) is 19.1 Å². The number of hydrogen-bond donors (Lipinski definition) is 2. The van der Waals surface area contributed by atoms with Gasteiger partial charge in [0.05, 0.1) is 11.2 Å². The fourth-order valence-electron chi connectivity index (χ4n) is 2.53. The van der Waals surface area contributed by atoms with Crippen LogP contribution in [0.3, 0.4) is 0 Å². The molecule has 6 heteroatoms. The first-order chi connectivity index (χ1) is 11.0. The van der Waals surface area contributed by atoms with Gasteiger partial charge in [0, 0.05) is 18.0 Å². The molecule has 3 aromatic rings. The number of anilines is 1. The molecule has 3 rings (SSSR count). The maximum atomic E-state index is 13.4. The second kappa shape index (κ2) is 5.57. The average Bonchev–Trinajstić information content (AvgIpc) is 2.93. The molecule has 0 aliphatic carbocycles. The molecular formula is C17H13FN2O3. The number of halogens is 1. The molecule has 0 saturated carbocycles. The first kappa shape index (κ1) is 14.8. The summed E-state index contributed by atoms with van der Waals surface area (Å²) in [6.45, 7) is 0. The fourth-order valence-corrected chi connectivity index (χ4v) is 2.53. The Hall–Kier alpha value is -3.15. The van der Waals surface area contributed by atoms with Crippen LogP contribution in [-0.4, -0.2) is 29.0 Å². The lowest BCUT2D eigenvalue weighted by Crippen LogP contribution is -2.27. The van der Waals surface area contributed by atoms with E-state index in [0.29, 0.717) is 16.5 Å². The van der Waals surface area contributed by atoms with Crippen molar-refractivity contribution in [3.05, 3.63) is 65.6 Å². The number of H-pyrrole nitrogens is 1. The van der Waals surface area contributed by atoms with Gasteiger partial charge in [0.2, 0.25) is 0 Å². The molecule has 23 heavy (non-hydrogen) atoms. The third kappa shape index (κ3) is 2.55. The Labute approximate surface area is 131 Å². The molecular weight excluding hydrogens is 299 g/mol. The Balaban J connectivity index is 2.16. The number of nitrogens with zero attached hydrogens (tertiary/aromatic N) is 1. The Morgan fingerprint density at radius 3 is 2.48 bits per heavy atom. The summed E-state index contributed by atoms with van der Waals surface area (Å²) >= 11 is 0. The highest BCUT2D eigenvalue weighted by Crippen LogP contribution is 2.32. The van der Waals surface area contributed by atoms with Crippen LogP contribution < -0.4 is 4.90 Å². The average molecular weight is 312 g/mol. The minimum absolute atomic E-state index is 0.155. The molecule has 1 amide bonds. The molecule has 0 aliphatic heterocycles. The summed E-state index contributed by atoms with van der Waals surface area (Å²) in [6, 6.07) is 12.4. The predicted octanol–water partition coefficient (Wildman–Crippen LogP) is 3.28. The quantitative estimate of drug-likeness (QED) is 0.779. The highest BCUT2D eigenvalue weighted by molar-refractivity contribution is 6.15. The zero-order valence-electron chi connectivity index (χ0n) is 12.2. The van der Waals surface area contributed by atoms with E-state index in [-0.39, 0.29) is 17.3 Å². The largest absolute Gasteiger partial charge is 0.477 e. The number of benzene rings is 2. The summed E-state index contributed by atoms with van der Waals surface area (Å²) in [5, 5.41) is 9.84. The number of amides is 1. The molecule has 1 heterocycles. The molecule has 2 aromatic carbocycles. The number of aromatic amines is 1. The summed E-state index contributed by atoms with van der Waals surface area (Å²) in [4.78, 5) is 28.0. The van der Waals surface area contributed by atoms with Crippen LogP contribution in [-0.2, 0) is 0 Å². The fraction of sp³-hybridized carbons (Fsp3) is 0.0588. The van der Waals surface area contributed by atoms with Gasteiger partial charge in [0.25, 0.3) is 5.91 Å². The number of rotatable bonds is 3. The van der Waals surface area contributed by atoms with Crippen LogP contribution in [0.25, 0.3) is 10.9 Å². The number of nitrogens with one attached hydrogen (secondary N) is 1. The van der Waals surface area contributed by atoms with Gasteiger partial charge in [-0.15, -0.1) is 0 Å². The van der Waals surface area contributed by atoms with Crippen LogP contribution in [0.5, 0.6) is 0 Å². The maximum absolute atomic E-state index is 13.4. The van der Waals surface area contributed by atoms with Crippen LogP contribution in [0.15, 0.2) is 48.5 Å². The van der Waals surface area contributed by atoms with Crippen molar-refractivity contribution in [3.8, 4) is 0 Å². The van der Waals surface area contributed by atoms with E-state index < -0.39 is 11.8 Å². The summed E-state index contributed by atoms with van der Waals surface area (Å²) < 4.78 is 13.4. The Morgan fingerprint density at radius 2 is 1.83 bits per heavy atom. The van der Waals surface area contributed by atoms with E-state index >= 15 is 0 Å². The number of carbonyl (C=O) groups is 2. The molecule has 0 radical (unpaired) electrons. The van der Waals surface area contributed by atoms with Gasteiger partial charge in [-0.3, -0.25) is 4.79 Å². The van der Waals surface area contributed by atoms with Crippen molar-refractivity contribution < 1.29 is 19.1 Å². The highest BCUT2D eigenvalue weighted by atomic mass is 19.1. The van der Waals surface area contributed by atoms with Gasteiger partial charge in [-0.05, 0) is 30.3 Å². The molecule has 2 N–H and O–H groups in total. The summed E-state index contributed by atoms with van der Waals surface area (Å²) in [5.74, 6) is -2.05. The third-order valence-corrected chi connectivity index (χ3v) is 3.61.